The molecule has 3 heteroatoms. The lowest BCUT2D eigenvalue weighted by atomic mass is 10.2. The Balaban J connectivity index is 2.35. The molecule has 0 aliphatic carbocycles. The summed E-state index contributed by atoms with van der Waals surface area (Å²) in [5, 5.41) is 9.91. The van der Waals surface area contributed by atoms with Crippen LogP contribution in [0.3, 0.4) is 0 Å². The second-order valence-electron chi connectivity index (χ2n) is 3.79. The maximum Gasteiger partial charge on any atom is 0.0981 e. The van der Waals surface area contributed by atoms with Crippen LogP contribution in [0, 0.1) is 11.3 Å². The van der Waals surface area contributed by atoms with Crippen molar-refractivity contribution in [2.24, 2.45) is 5.92 Å². The van der Waals surface area contributed by atoms with Gasteiger partial charge in [-0.25, -0.2) is 0 Å². The fourth-order valence-electron chi connectivity index (χ4n) is 1.29. The lowest BCUT2D eigenvalue weighted by Crippen LogP contribution is -2.31. The monoisotopic (exact) mass is 210 g/mol. The van der Waals surface area contributed by atoms with Crippen molar-refractivity contribution in [1.82, 2.24) is 4.90 Å². The Morgan fingerprint density at radius 2 is 2.29 bits per heavy atom. The predicted molar refractivity (Wildman–Crippen MR) is 63.2 cm³/mol. The number of rotatable bonds is 4. The van der Waals surface area contributed by atoms with Crippen LogP contribution in [0.25, 0.3) is 0 Å². The highest BCUT2D eigenvalue weighted by Crippen LogP contribution is 2.10. The summed E-state index contributed by atoms with van der Waals surface area (Å²) >= 11 is 1.79. The van der Waals surface area contributed by atoms with E-state index in [-0.39, 0.29) is 0 Å². The molecule has 0 fully saturated rings. The van der Waals surface area contributed by atoms with E-state index >= 15 is 0 Å². The van der Waals surface area contributed by atoms with Gasteiger partial charge in [-0.2, -0.15) is 0 Å². The van der Waals surface area contributed by atoms with Gasteiger partial charge in [0.15, 0.2) is 0 Å². The predicted octanol–water partition coefficient (Wildman–Crippen LogP) is 2.86. The second kappa shape index (κ2) is 5.15. The van der Waals surface area contributed by atoms with Crippen molar-refractivity contribution in [3.8, 4) is 0 Å². The summed E-state index contributed by atoms with van der Waals surface area (Å²) in [5.74, 6) is 1.05. The van der Waals surface area contributed by atoms with Crippen molar-refractivity contribution in [2.45, 2.75) is 20.3 Å². The molecule has 1 aromatic heterocycles. The molecule has 1 aromatic rings. The van der Waals surface area contributed by atoms with Gasteiger partial charge < -0.3 is 4.90 Å². The van der Waals surface area contributed by atoms with E-state index < -0.39 is 0 Å². The van der Waals surface area contributed by atoms with Crippen molar-refractivity contribution in [2.75, 3.05) is 13.6 Å². The molecule has 0 aliphatic heterocycles. The molecular weight excluding hydrogens is 192 g/mol. The first kappa shape index (κ1) is 11.2. The van der Waals surface area contributed by atoms with Crippen LogP contribution < -0.4 is 0 Å². The van der Waals surface area contributed by atoms with Crippen LogP contribution in [0.1, 0.15) is 18.7 Å². The number of thiophene rings is 1. The maximum absolute atomic E-state index is 7.81. The lowest BCUT2D eigenvalue weighted by Gasteiger charge is -2.22. The summed E-state index contributed by atoms with van der Waals surface area (Å²) in [4.78, 5) is 3.43. The summed E-state index contributed by atoms with van der Waals surface area (Å²) in [6, 6.07) is 4.23. The second-order valence-corrected chi connectivity index (χ2v) is 4.82. The average molecular weight is 210 g/mol. The fourth-order valence-corrected chi connectivity index (χ4v) is 1.99. The molecule has 0 atom stereocenters. The van der Waals surface area contributed by atoms with Gasteiger partial charge in [0.25, 0.3) is 0 Å². The summed E-state index contributed by atoms with van der Waals surface area (Å²) < 4.78 is 0. The zero-order chi connectivity index (χ0) is 10.6. The van der Waals surface area contributed by atoms with Crippen LogP contribution in [0.5, 0.6) is 0 Å². The van der Waals surface area contributed by atoms with E-state index in [1.807, 2.05) is 11.9 Å². The van der Waals surface area contributed by atoms with Gasteiger partial charge in [0.1, 0.15) is 0 Å². The summed E-state index contributed by atoms with van der Waals surface area (Å²) in [6.45, 7) is 5.06. The Bertz CT molecular complexity index is 277. The first-order valence-corrected chi connectivity index (χ1v) is 5.81. The number of hydrogen-bond acceptors (Lipinski definition) is 2. The smallest absolute Gasteiger partial charge is 0.0981 e. The van der Waals surface area contributed by atoms with E-state index in [1.54, 1.807) is 11.3 Å². The Hall–Kier alpha value is -0.830. The van der Waals surface area contributed by atoms with Gasteiger partial charge in [-0.15, -0.1) is 11.3 Å². The molecule has 0 unspecified atom stereocenters. The minimum absolute atomic E-state index is 0.323. The molecule has 0 amide bonds. The van der Waals surface area contributed by atoms with Crippen molar-refractivity contribution < 1.29 is 0 Å². The van der Waals surface area contributed by atoms with E-state index in [0.29, 0.717) is 5.92 Å². The van der Waals surface area contributed by atoms with Gasteiger partial charge in [-0.1, -0.05) is 19.9 Å². The number of hydrogen-bond donors (Lipinski definition) is 1. The van der Waals surface area contributed by atoms with Crippen LogP contribution in [-0.2, 0) is 6.42 Å². The third kappa shape index (κ3) is 3.14. The zero-order valence-corrected chi connectivity index (χ0v) is 9.90. The number of amidine groups is 1. The van der Waals surface area contributed by atoms with Gasteiger partial charge in [0.2, 0.25) is 0 Å². The van der Waals surface area contributed by atoms with Crippen molar-refractivity contribution in [1.29, 1.82) is 5.41 Å². The number of nitrogens with zero attached hydrogens (tertiary/aromatic N) is 1. The SMILES string of the molecule is CC(C)C(=N)N(C)CCc1cccs1. The van der Waals surface area contributed by atoms with E-state index in [0.717, 1.165) is 18.8 Å². The van der Waals surface area contributed by atoms with Crippen LogP contribution in [0.15, 0.2) is 17.5 Å². The topological polar surface area (TPSA) is 27.1 Å². The highest BCUT2D eigenvalue weighted by atomic mass is 32.1. The molecule has 78 valence electrons. The first-order chi connectivity index (χ1) is 6.61. The highest BCUT2D eigenvalue weighted by Gasteiger charge is 2.08. The maximum atomic E-state index is 7.81. The highest BCUT2D eigenvalue weighted by molar-refractivity contribution is 7.09. The molecule has 0 aromatic carbocycles. The summed E-state index contributed by atoms with van der Waals surface area (Å²) in [7, 11) is 2.00. The Kier molecular flexibility index (Phi) is 4.14. The molecule has 14 heavy (non-hydrogen) atoms. The number of nitrogens with one attached hydrogen (secondary N) is 1. The van der Waals surface area contributed by atoms with Gasteiger partial charge in [0, 0.05) is 24.4 Å². The largest absolute Gasteiger partial charge is 0.363 e. The van der Waals surface area contributed by atoms with E-state index in [2.05, 4.69) is 31.4 Å². The van der Waals surface area contributed by atoms with E-state index in [4.69, 9.17) is 5.41 Å². The molecule has 1 rings (SSSR count). The Morgan fingerprint density at radius 3 is 2.79 bits per heavy atom. The van der Waals surface area contributed by atoms with Gasteiger partial charge >= 0.3 is 0 Å². The molecule has 0 saturated carbocycles. The van der Waals surface area contributed by atoms with Crippen molar-refractivity contribution in [3.63, 3.8) is 0 Å². The molecule has 0 spiro atoms. The number of likely N-dealkylation sites (N-methyl/N-ethyl adjacent to an activating group) is 1. The van der Waals surface area contributed by atoms with Crippen LogP contribution in [-0.4, -0.2) is 24.3 Å². The molecule has 1 N–H and O–H groups in total. The van der Waals surface area contributed by atoms with E-state index in [1.165, 1.54) is 4.88 Å². The summed E-state index contributed by atoms with van der Waals surface area (Å²) in [6.07, 6.45) is 1.04. The van der Waals surface area contributed by atoms with Crippen LogP contribution >= 0.6 is 11.3 Å². The zero-order valence-electron chi connectivity index (χ0n) is 9.08. The van der Waals surface area contributed by atoms with Crippen LogP contribution in [0.2, 0.25) is 0 Å². The molecule has 0 saturated heterocycles. The molecule has 1 heterocycles. The van der Waals surface area contributed by atoms with Crippen molar-refractivity contribution in [3.05, 3.63) is 22.4 Å². The van der Waals surface area contributed by atoms with Crippen molar-refractivity contribution >= 4 is 17.2 Å². The molecule has 0 radical (unpaired) electrons. The summed E-state index contributed by atoms with van der Waals surface area (Å²) in [5.41, 5.74) is 0. The van der Waals surface area contributed by atoms with E-state index in [9.17, 15) is 0 Å². The molecular formula is C11H18N2S. The third-order valence-electron chi connectivity index (χ3n) is 2.23. The van der Waals surface area contributed by atoms with Crippen LogP contribution in [0.4, 0.5) is 0 Å². The minimum atomic E-state index is 0.323. The van der Waals surface area contributed by atoms with Gasteiger partial charge in [-0.05, 0) is 17.9 Å². The quantitative estimate of drug-likeness (QED) is 0.600. The Morgan fingerprint density at radius 1 is 1.57 bits per heavy atom. The average Bonchev–Trinajstić information content (AvgIpc) is 2.65. The minimum Gasteiger partial charge on any atom is -0.363 e. The normalized spacial score (nSPS) is 10.6. The Labute approximate surface area is 90.1 Å². The molecule has 2 nitrogen and oxygen atoms in total. The molecule has 0 aliphatic rings. The van der Waals surface area contributed by atoms with Gasteiger partial charge in [0.05, 0.1) is 5.84 Å². The molecule has 0 bridgehead atoms. The third-order valence-corrected chi connectivity index (χ3v) is 3.17. The standard InChI is InChI=1S/C11H18N2S/c1-9(2)11(12)13(3)7-6-10-5-4-8-14-10/h4-5,8-9,12H,6-7H2,1-3H3. The first-order valence-electron chi connectivity index (χ1n) is 4.93. The van der Waals surface area contributed by atoms with Gasteiger partial charge in [-0.3, -0.25) is 5.41 Å². The lowest BCUT2D eigenvalue weighted by molar-refractivity contribution is 0.478. The fraction of sp³-hybridized carbons (Fsp3) is 0.545.